The Hall–Kier alpha value is -0.200. The average molecular weight is 332 g/mol. The molecule has 0 saturated heterocycles. The maximum absolute atomic E-state index is 9.91. The minimum absolute atomic E-state index is 0.198. The highest BCUT2D eigenvalue weighted by atomic mass is 16.3. The molecule has 4 N–H and O–H groups in total. The van der Waals surface area contributed by atoms with Gasteiger partial charge in [-0.05, 0) is 58.9 Å². The molecule has 0 amide bonds. The molecule has 0 radical (unpaired) electrons. The van der Waals surface area contributed by atoms with Crippen molar-refractivity contribution < 1.29 is 10.2 Å². The molecule has 0 aliphatic rings. The van der Waals surface area contributed by atoms with E-state index in [1.807, 2.05) is 0 Å². The van der Waals surface area contributed by atoms with Gasteiger partial charge in [0.2, 0.25) is 0 Å². The number of nitrogens with one attached hydrogen (secondary N) is 2. The molecule has 0 bridgehead atoms. The van der Waals surface area contributed by atoms with Gasteiger partial charge in [-0.2, -0.15) is 0 Å². The Morgan fingerprint density at radius 3 is 2.35 bits per heavy atom. The Balaban J connectivity index is 3.39. The van der Waals surface area contributed by atoms with E-state index in [-0.39, 0.29) is 12.2 Å². The lowest BCUT2D eigenvalue weighted by molar-refractivity contribution is 0.117. The number of hydrogen-bond donors (Lipinski definition) is 4. The summed E-state index contributed by atoms with van der Waals surface area (Å²) in [6.07, 6.45) is 7.06. The smallest absolute Gasteiger partial charge is 0.0679 e. The first-order chi connectivity index (χ1) is 11.1. The first-order valence-electron chi connectivity index (χ1n) is 9.56. The molecule has 140 valence electrons. The third-order valence-corrected chi connectivity index (χ3v) is 4.09. The minimum atomic E-state index is -0.240. The maximum Gasteiger partial charge on any atom is 0.0679 e. The fourth-order valence-electron chi connectivity index (χ4n) is 2.62. The molecule has 0 aromatic heterocycles. The highest BCUT2D eigenvalue weighted by Gasteiger charge is 2.07. The molecule has 0 heterocycles. The molecule has 0 aromatic carbocycles. The van der Waals surface area contributed by atoms with Crippen LogP contribution in [-0.4, -0.2) is 73.6 Å². The number of aliphatic hydroxyl groups excluding tert-OH is 2. The zero-order valence-corrected chi connectivity index (χ0v) is 15.7. The monoisotopic (exact) mass is 331 g/mol. The SMILES string of the molecule is CCCCC[C@H](O)CNCCCCN(C)C[C@@H](O)CCNCC. The van der Waals surface area contributed by atoms with Crippen LogP contribution in [-0.2, 0) is 0 Å². The summed E-state index contributed by atoms with van der Waals surface area (Å²) >= 11 is 0. The Bertz CT molecular complexity index is 242. The lowest BCUT2D eigenvalue weighted by atomic mass is 10.1. The Morgan fingerprint density at radius 2 is 1.65 bits per heavy atom. The van der Waals surface area contributed by atoms with Gasteiger partial charge in [-0.15, -0.1) is 0 Å². The van der Waals surface area contributed by atoms with Crippen molar-refractivity contribution in [1.29, 1.82) is 0 Å². The van der Waals surface area contributed by atoms with E-state index in [1.54, 1.807) is 0 Å². The zero-order chi connectivity index (χ0) is 17.3. The van der Waals surface area contributed by atoms with E-state index in [4.69, 9.17) is 0 Å². The first kappa shape index (κ1) is 22.8. The highest BCUT2D eigenvalue weighted by Crippen LogP contribution is 2.02. The summed E-state index contributed by atoms with van der Waals surface area (Å²) in [7, 11) is 2.07. The van der Waals surface area contributed by atoms with Gasteiger partial charge in [0.05, 0.1) is 12.2 Å². The summed E-state index contributed by atoms with van der Waals surface area (Å²) in [5, 5.41) is 26.3. The van der Waals surface area contributed by atoms with E-state index < -0.39 is 0 Å². The molecular formula is C18H41N3O2. The van der Waals surface area contributed by atoms with E-state index >= 15 is 0 Å². The van der Waals surface area contributed by atoms with E-state index in [2.05, 4.69) is 36.4 Å². The van der Waals surface area contributed by atoms with Gasteiger partial charge in [0.25, 0.3) is 0 Å². The van der Waals surface area contributed by atoms with Crippen molar-refractivity contribution in [2.75, 3.05) is 46.3 Å². The maximum atomic E-state index is 9.91. The third-order valence-electron chi connectivity index (χ3n) is 4.09. The van der Waals surface area contributed by atoms with E-state index in [9.17, 15) is 10.2 Å². The molecule has 0 spiro atoms. The summed E-state index contributed by atoms with van der Waals surface area (Å²) in [6, 6.07) is 0. The number of rotatable bonds is 17. The fraction of sp³-hybridized carbons (Fsp3) is 1.00. The lowest BCUT2D eigenvalue weighted by Gasteiger charge is -2.20. The van der Waals surface area contributed by atoms with Gasteiger partial charge in [-0.1, -0.05) is 33.1 Å². The highest BCUT2D eigenvalue weighted by molar-refractivity contribution is 4.64. The lowest BCUT2D eigenvalue weighted by Crippen LogP contribution is -2.32. The largest absolute Gasteiger partial charge is 0.392 e. The predicted octanol–water partition coefficient (Wildman–Crippen LogP) is 1.59. The van der Waals surface area contributed by atoms with Gasteiger partial charge >= 0.3 is 0 Å². The Labute approximate surface area is 143 Å². The second-order valence-electron chi connectivity index (χ2n) is 6.62. The van der Waals surface area contributed by atoms with Crippen LogP contribution in [0.3, 0.4) is 0 Å². The van der Waals surface area contributed by atoms with Crippen LogP contribution in [0.15, 0.2) is 0 Å². The standard InChI is InChI=1S/C18H41N3O2/c1-4-6-7-10-17(22)15-20-12-8-9-14-21(3)16-18(23)11-13-19-5-2/h17-20,22-23H,4-16H2,1-3H3/t17-,18-/m0/s1. The van der Waals surface area contributed by atoms with Crippen molar-refractivity contribution in [1.82, 2.24) is 15.5 Å². The zero-order valence-electron chi connectivity index (χ0n) is 15.7. The summed E-state index contributed by atoms with van der Waals surface area (Å²) in [4.78, 5) is 2.20. The molecule has 0 aliphatic carbocycles. The van der Waals surface area contributed by atoms with Crippen molar-refractivity contribution >= 4 is 0 Å². The van der Waals surface area contributed by atoms with Crippen LogP contribution >= 0.6 is 0 Å². The van der Waals surface area contributed by atoms with Crippen molar-refractivity contribution in [3.63, 3.8) is 0 Å². The third kappa shape index (κ3) is 16.4. The molecule has 2 atom stereocenters. The molecule has 0 aliphatic heterocycles. The molecule has 0 unspecified atom stereocenters. The van der Waals surface area contributed by atoms with Crippen LogP contribution < -0.4 is 10.6 Å². The van der Waals surface area contributed by atoms with Gasteiger partial charge in [-0.3, -0.25) is 0 Å². The Kier molecular flexibility index (Phi) is 16.5. The van der Waals surface area contributed by atoms with Crippen LogP contribution in [0.5, 0.6) is 0 Å². The van der Waals surface area contributed by atoms with Crippen molar-refractivity contribution in [2.45, 2.75) is 71.0 Å². The van der Waals surface area contributed by atoms with E-state index in [0.29, 0.717) is 6.54 Å². The van der Waals surface area contributed by atoms with E-state index in [1.165, 1.54) is 12.8 Å². The molecule has 0 aromatic rings. The predicted molar refractivity (Wildman–Crippen MR) is 98.9 cm³/mol. The van der Waals surface area contributed by atoms with E-state index in [0.717, 1.165) is 64.8 Å². The van der Waals surface area contributed by atoms with Gasteiger partial charge in [0.1, 0.15) is 0 Å². The molecule has 5 nitrogen and oxygen atoms in total. The molecule has 0 saturated carbocycles. The number of nitrogens with zero attached hydrogens (tertiary/aromatic N) is 1. The number of likely N-dealkylation sites (N-methyl/N-ethyl adjacent to an activating group) is 1. The van der Waals surface area contributed by atoms with Crippen LogP contribution in [0, 0.1) is 0 Å². The minimum Gasteiger partial charge on any atom is -0.392 e. The molecule has 23 heavy (non-hydrogen) atoms. The number of unbranched alkanes of at least 4 members (excludes halogenated alkanes) is 3. The van der Waals surface area contributed by atoms with Crippen LogP contribution in [0.2, 0.25) is 0 Å². The van der Waals surface area contributed by atoms with Crippen molar-refractivity contribution in [3.8, 4) is 0 Å². The summed E-state index contributed by atoms with van der Waals surface area (Å²) < 4.78 is 0. The average Bonchev–Trinajstić information content (AvgIpc) is 2.51. The van der Waals surface area contributed by atoms with Crippen molar-refractivity contribution in [2.24, 2.45) is 0 Å². The van der Waals surface area contributed by atoms with Crippen LogP contribution in [0.25, 0.3) is 0 Å². The molecule has 5 heteroatoms. The van der Waals surface area contributed by atoms with Gasteiger partial charge in [-0.25, -0.2) is 0 Å². The summed E-state index contributed by atoms with van der Waals surface area (Å²) in [5.41, 5.74) is 0. The molecule has 0 rings (SSSR count). The van der Waals surface area contributed by atoms with Crippen molar-refractivity contribution in [3.05, 3.63) is 0 Å². The summed E-state index contributed by atoms with van der Waals surface area (Å²) in [6.45, 7) is 9.54. The van der Waals surface area contributed by atoms with Gasteiger partial charge in [0.15, 0.2) is 0 Å². The molecule has 0 fully saturated rings. The fourth-order valence-corrected chi connectivity index (χ4v) is 2.62. The van der Waals surface area contributed by atoms with Crippen LogP contribution in [0.4, 0.5) is 0 Å². The number of hydrogen-bond acceptors (Lipinski definition) is 5. The first-order valence-corrected chi connectivity index (χ1v) is 9.56. The summed E-state index contributed by atoms with van der Waals surface area (Å²) in [5.74, 6) is 0. The normalized spacial score (nSPS) is 14.3. The topological polar surface area (TPSA) is 67.8 Å². The second-order valence-corrected chi connectivity index (χ2v) is 6.62. The number of aliphatic hydroxyl groups is 2. The second kappa shape index (κ2) is 16.7. The van der Waals surface area contributed by atoms with Crippen LogP contribution in [0.1, 0.15) is 58.8 Å². The van der Waals surface area contributed by atoms with Gasteiger partial charge in [0, 0.05) is 13.1 Å². The van der Waals surface area contributed by atoms with Gasteiger partial charge < -0.3 is 25.7 Å². The molecular weight excluding hydrogens is 290 g/mol. The quantitative estimate of drug-likeness (QED) is 0.305. The Morgan fingerprint density at radius 1 is 0.870 bits per heavy atom.